The molecule has 2 heterocycles. The van der Waals surface area contributed by atoms with Crippen LogP contribution in [0.1, 0.15) is 65.5 Å². The lowest BCUT2D eigenvalue weighted by Crippen LogP contribution is -2.43. The second kappa shape index (κ2) is 10.1. The Balaban J connectivity index is 1.78. The molecule has 5 amide bonds. The van der Waals surface area contributed by atoms with Crippen molar-refractivity contribution >= 4 is 29.5 Å². The third kappa shape index (κ3) is 5.63. The van der Waals surface area contributed by atoms with E-state index in [1.165, 1.54) is 4.90 Å². The van der Waals surface area contributed by atoms with E-state index in [0.29, 0.717) is 18.1 Å². The number of hydrogen-bond acceptors (Lipinski definition) is 4. The van der Waals surface area contributed by atoms with E-state index in [2.05, 4.69) is 38.0 Å². The first-order chi connectivity index (χ1) is 16.4. The number of rotatable bonds is 7. The van der Waals surface area contributed by atoms with Crippen LogP contribution >= 0.6 is 0 Å². The van der Waals surface area contributed by atoms with E-state index in [0.717, 1.165) is 24.0 Å². The van der Waals surface area contributed by atoms with Crippen molar-refractivity contribution < 1.29 is 14.4 Å². The molecule has 0 radical (unpaired) electrons. The second-order valence-corrected chi connectivity index (χ2v) is 10.6. The van der Waals surface area contributed by atoms with Crippen LogP contribution in [0.2, 0.25) is 0 Å². The van der Waals surface area contributed by atoms with Crippen molar-refractivity contribution in [2.45, 2.75) is 71.9 Å². The minimum Gasteiger partial charge on any atom is -0.328 e. The number of nitrogens with one attached hydrogen (secondary N) is 1. The second-order valence-electron chi connectivity index (χ2n) is 10.6. The summed E-state index contributed by atoms with van der Waals surface area (Å²) in [5.41, 5.74) is 1.41. The van der Waals surface area contributed by atoms with Gasteiger partial charge in [-0.2, -0.15) is 0 Å². The van der Waals surface area contributed by atoms with E-state index in [-0.39, 0.29) is 29.9 Å². The molecule has 1 aliphatic heterocycles. The van der Waals surface area contributed by atoms with Gasteiger partial charge in [0.1, 0.15) is 11.4 Å². The zero-order chi connectivity index (χ0) is 26.0. The van der Waals surface area contributed by atoms with Crippen LogP contribution in [0, 0.1) is 0 Å². The molecule has 2 aromatic rings. The molecule has 0 unspecified atom stereocenters. The summed E-state index contributed by atoms with van der Waals surface area (Å²) in [7, 11) is 1.74. The smallest absolute Gasteiger partial charge is 0.328 e. The highest BCUT2D eigenvalue weighted by Gasteiger charge is 2.51. The topological polar surface area (TPSA) is 85.9 Å². The molecule has 188 valence electrons. The SMILES string of the molecule is CCCCN(C)C(=O)Nc1cc(CN2C(=O)N(c3ccc(C(C)(C)C)cc3)C(=O)C2(C)C)ccn1. The fraction of sp³-hybridized carbons (Fsp3) is 0.481. The lowest BCUT2D eigenvalue weighted by molar-refractivity contribution is -0.123. The van der Waals surface area contributed by atoms with Crippen molar-refractivity contribution in [3.8, 4) is 0 Å². The zero-order valence-electron chi connectivity index (χ0n) is 21.9. The van der Waals surface area contributed by atoms with E-state index >= 15 is 0 Å². The summed E-state index contributed by atoms with van der Waals surface area (Å²) in [6.07, 6.45) is 3.52. The lowest BCUT2D eigenvalue weighted by Gasteiger charge is -2.27. The van der Waals surface area contributed by atoms with Crippen LogP contribution in [0.3, 0.4) is 0 Å². The summed E-state index contributed by atoms with van der Waals surface area (Å²) < 4.78 is 0. The number of urea groups is 2. The monoisotopic (exact) mass is 479 g/mol. The van der Waals surface area contributed by atoms with Crippen molar-refractivity contribution in [3.05, 3.63) is 53.7 Å². The average Bonchev–Trinajstić information content (AvgIpc) is 2.96. The van der Waals surface area contributed by atoms with Gasteiger partial charge in [0.25, 0.3) is 5.91 Å². The van der Waals surface area contributed by atoms with E-state index in [1.807, 2.05) is 24.3 Å². The number of carbonyl (C=O) groups excluding carboxylic acids is 3. The van der Waals surface area contributed by atoms with Crippen molar-refractivity contribution in [2.24, 2.45) is 0 Å². The maximum Gasteiger partial charge on any atom is 0.332 e. The highest BCUT2D eigenvalue weighted by Crippen LogP contribution is 2.34. The van der Waals surface area contributed by atoms with Crippen LogP contribution in [-0.4, -0.2) is 51.9 Å². The number of nitrogens with zero attached hydrogens (tertiary/aromatic N) is 4. The largest absolute Gasteiger partial charge is 0.332 e. The van der Waals surface area contributed by atoms with Gasteiger partial charge < -0.3 is 9.80 Å². The molecule has 0 bridgehead atoms. The van der Waals surface area contributed by atoms with E-state index in [9.17, 15) is 14.4 Å². The predicted octanol–water partition coefficient (Wildman–Crippen LogP) is 5.39. The standard InChI is InChI=1S/C27H37N5O3/c1-8-9-16-30(7)24(34)29-22-17-19(14-15-28-22)18-31-25(35)32(23(33)27(31,5)6)21-12-10-20(11-13-21)26(2,3)4/h10-15,17H,8-9,16,18H2,1-7H3,(H,28,29,34). The molecule has 1 saturated heterocycles. The van der Waals surface area contributed by atoms with Crippen molar-refractivity contribution in [1.82, 2.24) is 14.8 Å². The Hall–Kier alpha value is -3.42. The molecular formula is C27H37N5O3. The number of carbonyl (C=O) groups is 3. The summed E-state index contributed by atoms with van der Waals surface area (Å²) in [6.45, 7) is 12.8. The summed E-state index contributed by atoms with van der Waals surface area (Å²) in [4.78, 5) is 47.8. The van der Waals surface area contributed by atoms with Gasteiger partial charge in [-0.3, -0.25) is 10.1 Å². The van der Waals surface area contributed by atoms with Gasteiger partial charge in [0.15, 0.2) is 0 Å². The molecule has 1 aromatic heterocycles. The first-order valence-corrected chi connectivity index (χ1v) is 12.1. The Morgan fingerprint density at radius 2 is 1.77 bits per heavy atom. The molecule has 3 rings (SSSR count). The van der Waals surface area contributed by atoms with Crippen molar-refractivity contribution in [1.29, 1.82) is 0 Å². The van der Waals surface area contributed by atoms with Gasteiger partial charge in [0.05, 0.1) is 5.69 Å². The fourth-order valence-corrected chi connectivity index (χ4v) is 3.96. The molecule has 1 N–H and O–H groups in total. The molecule has 0 atom stereocenters. The fourth-order valence-electron chi connectivity index (χ4n) is 3.96. The van der Waals surface area contributed by atoms with Crippen LogP contribution in [0.5, 0.6) is 0 Å². The number of amides is 5. The Morgan fingerprint density at radius 3 is 2.37 bits per heavy atom. The molecular weight excluding hydrogens is 442 g/mol. The maximum atomic E-state index is 13.4. The summed E-state index contributed by atoms with van der Waals surface area (Å²) in [6, 6.07) is 10.5. The number of hydrogen-bond donors (Lipinski definition) is 1. The summed E-state index contributed by atoms with van der Waals surface area (Å²) in [5.74, 6) is 0.132. The van der Waals surface area contributed by atoms with E-state index in [1.54, 1.807) is 49.0 Å². The molecule has 1 aromatic carbocycles. The van der Waals surface area contributed by atoms with Gasteiger partial charge in [-0.05, 0) is 61.1 Å². The van der Waals surface area contributed by atoms with Gasteiger partial charge in [0.2, 0.25) is 0 Å². The van der Waals surface area contributed by atoms with Crippen molar-refractivity contribution in [2.75, 3.05) is 23.8 Å². The minimum absolute atomic E-state index is 0.0257. The third-order valence-corrected chi connectivity index (χ3v) is 6.41. The quantitative estimate of drug-likeness (QED) is 0.540. The number of unbranched alkanes of at least 4 members (excludes halogenated alkanes) is 1. The third-order valence-electron chi connectivity index (χ3n) is 6.41. The van der Waals surface area contributed by atoms with Crippen LogP contribution in [0.4, 0.5) is 21.1 Å². The molecule has 0 saturated carbocycles. The van der Waals surface area contributed by atoms with Crippen LogP contribution in [0.25, 0.3) is 0 Å². The Labute approximate surface area is 208 Å². The average molecular weight is 480 g/mol. The lowest BCUT2D eigenvalue weighted by atomic mass is 9.87. The number of aromatic nitrogens is 1. The number of pyridine rings is 1. The number of anilines is 2. The van der Waals surface area contributed by atoms with Gasteiger partial charge in [-0.1, -0.05) is 46.2 Å². The van der Waals surface area contributed by atoms with Gasteiger partial charge in [-0.25, -0.2) is 19.5 Å². The maximum absolute atomic E-state index is 13.4. The highest BCUT2D eigenvalue weighted by atomic mass is 16.2. The Kier molecular flexibility index (Phi) is 7.53. The van der Waals surface area contributed by atoms with Crippen LogP contribution in [0.15, 0.2) is 42.6 Å². The molecule has 0 aliphatic carbocycles. The van der Waals surface area contributed by atoms with Gasteiger partial charge in [-0.15, -0.1) is 0 Å². The summed E-state index contributed by atoms with van der Waals surface area (Å²) >= 11 is 0. The van der Waals surface area contributed by atoms with Crippen LogP contribution < -0.4 is 10.2 Å². The van der Waals surface area contributed by atoms with E-state index < -0.39 is 5.54 Å². The first kappa shape index (κ1) is 26.2. The zero-order valence-corrected chi connectivity index (χ0v) is 21.9. The number of benzene rings is 1. The molecule has 0 spiro atoms. The van der Waals surface area contributed by atoms with Crippen molar-refractivity contribution in [3.63, 3.8) is 0 Å². The Morgan fingerprint density at radius 1 is 1.11 bits per heavy atom. The minimum atomic E-state index is -1.02. The molecule has 1 aliphatic rings. The van der Waals surface area contributed by atoms with Gasteiger partial charge >= 0.3 is 12.1 Å². The van der Waals surface area contributed by atoms with E-state index in [4.69, 9.17) is 0 Å². The van der Waals surface area contributed by atoms with Crippen LogP contribution in [-0.2, 0) is 16.8 Å². The van der Waals surface area contributed by atoms with Gasteiger partial charge in [0, 0.05) is 26.3 Å². The number of imide groups is 1. The summed E-state index contributed by atoms with van der Waals surface area (Å²) in [5, 5.41) is 2.80. The Bertz CT molecular complexity index is 1090. The first-order valence-electron chi connectivity index (χ1n) is 12.1. The predicted molar refractivity (Wildman–Crippen MR) is 138 cm³/mol. The molecule has 35 heavy (non-hydrogen) atoms. The highest BCUT2D eigenvalue weighted by molar-refractivity contribution is 6.22. The molecule has 8 nitrogen and oxygen atoms in total. The molecule has 1 fully saturated rings. The normalized spacial score (nSPS) is 15.5. The molecule has 8 heteroatoms.